The van der Waals surface area contributed by atoms with Gasteiger partial charge in [-0.05, 0) is 88.8 Å². The molecule has 0 unspecified atom stereocenters. The zero-order chi connectivity index (χ0) is 20.2. The molecule has 0 bridgehead atoms. The second-order valence-electron chi connectivity index (χ2n) is 9.34. The maximum Gasteiger partial charge on any atom is 0.216 e. The average Bonchev–Trinajstić information content (AvgIpc) is 2.67. The van der Waals surface area contributed by atoms with E-state index in [0.717, 1.165) is 58.3 Å². The van der Waals surface area contributed by atoms with Crippen molar-refractivity contribution in [1.82, 2.24) is 4.72 Å². The molecule has 0 atom stereocenters. The molecule has 0 aromatic heterocycles. The Labute approximate surface area is 170 Å². The molecule has 1 aliphatic carbocycles. The third-order valence-corrected chi connectivity index (χ3v) is 8.43. The minimum Gasteiger partial charge on any atom is -0.385 e. The molecule has 3 rings (SSSR count). The molecule has 2 N–H and O–H groups in total. The predicted molar refractivity (Wildman–Crippen MR) is 115 cm³/mol. The van der Waals surface area contributed by atoms with Gasteiger partial charge >= 0.3 is 0 Å². The Kier molecular flexibility index (Phi) is 7.05. The molecule has 28 heavy (non-hydrogen) atoms. The highest BCUT2D eigenvalue weighted by Gasteiger charge is 2.32. The fourth-order valence-corrected chi connectivity index (χ4v) is 5.07. The summed E-state index contributed by atoms with van der Waals surface area (Å²) in [5, 5.41) is 3.57. The number of ether oxygens (including phenoxy) is 1. The number of hydrogen-bond donors (Lipinski definition) is 2. The van der Waals surface area contributed by atoms with Crippen molar-refractivity contribution in [1.29, 1.82) is 0 Å². The van der Waals surface area contributed by atoms with E-state index in [-0.39, 0.29) is 6.04 Å². The van der Waals surface area contributed by atoms with Crippen molar-refractivity contribution in [2.45, 2.75) is 76.0 Å². The van der Waals surface area contributed by atoms with Crippen LogP contribution in [-0.4, -0.2) is 39.0 Å². The fraction of sp³-hybridized carbons (Fsp3) is 0.727. The molecule has 2 aliphatic rings. The zero-order valence-corrected chi connectivity index (χ0v) is 18.4. The second-order valence-corrected chi connectivity index (χ2v) is 11.8. The lowest BCUT2D eigenvalue weighted by atomic mass is 9.86. The molecule has 5 nitrogen and oxygen atoms in total. The number of sulfonamides is 1. The molecule has 1 aromatic carbocycles. The molecule has 158 valence electrons. The van der Waals surface area contributed by atoms with E-state index in [9.17, 15) is 8.42 Å². The summed E-state index contributed by atoms with van der Waals surface area (Å²) in [5.41, 5.74) is 2.59. The van der Waals surface area contributed by atoms with E-state index in [4.69, 9.17) is 4.74 Å². The molecule has 0 radical (unpaired) electrons. The highest BCUT2D eigenvalue weighted by atomic mass is 32.2. The number of anilines is 1. The van der Waals surface area contributed by atoms with Gasteiger partial charge in [0.05, 0.1) is 4.75 Å². The average molecular weight is 409 g/mol. The van der Waals surface area contributed by atoms with Crippen LogP contribution < -0.4 is 10.0 Å². The van der Waals surface area contributed by atoms with Crippen molar-refractivity contribution >= 4 is 15.7 Å². The van der Waals surface area contributed by atoms with E-state index in [1.54, 1.807) is 20.8 Å². The summed E-state index contributed by atoms with van der Waals surface area (Å²) in [7, 11) is -3.26. The molecular formula is C22H36N2O3S. The van der Waals surface area contributed by atoms with E-state index < -0.39 is 14.8 Å². The summed E-state index contributed by atoms with van der Waals surface area (Å²) in [4.78, 5) is 0. The topological polar surface area (TPSA) is 67.4 Å². The van der Waals surface area contributed by atoms with Crippen LogP contribution in [0.1, 0.15) is 70.8 Å². The Hall–Kier alpha value is -1.11. The summed E-state index contributed by atoms with van der Waals surface area (Å²) in [6.45, 7) is 7.95. The smallest absolute Gasteiger partial charge is 0.216 e. The van der Waals surface area contributed by atoms with Crippen LogP contribution in [0.25, 0.3) is 0 Å². The highest BCUT2D eigenvalue weighted by molar-refractivity contribution is 7.90. The second kappa shape index (κ2) is 9.14. The van der Waals surface area contributed by atoms with Crippen LogP contribution in [0.4, 0.5) is 5.69 Å². The fourth-order valence-electron chi connectivity index (χ4n) is 4.05. The van der Waals surface area contributed by atoms with E-state index in [0.29, 0.717) is 11.8 Å². The van der Waals surface area contributed by atoms with Crippen molar-refractivity contribution in [2.24, 2.45) is 5.92 Å². The van der Waals surface area contributed by atoms with Crippen molar-refractivity contribution in [3.8, 4) is 0 Å². The summed E-state index contributed by atoms with van der Waals surface area (Å²) < 4.78 is 32.3. The quantitative estimate of drug-likeness (QED) is 0.738. The van der Waals surface area contributed by atoms with Gasteiger partial charge in [0.25, 0.3) is 0 Å². The van der Waals surface area contributed by atoms with Crippen LogP contribution in [0.5, 0.6) is 0 Å². The monoisotopic (exact) mass is 408 g/mol. The summed E-state index contributed by atoms with van der Waals surface area (Å²) in [6.07, 6.45) is 6.20. The van der Waals surface area contributed by atoms with Gasteiger partial charge in [-0.3, -0.25) is 0 Å². The molecule has 1 aromatic rings. The first-order valence-corrected chi connectivity index (χ1v) is 12.2. The Morgan fingerprint density at radius 3 is 2.14 bits per heavy atom. The van der Waals surface area contributed by atoms with Gasteiger partial charge in [-0.1, -0.05) is 12.1 Å². The highest BCUT2D eigenvalue weighted by Crippen LogP contribution is 2.29. The van der Waals surface area contributed by atoms with Gasteiger partial charge in [-0.25, -0.2) is 13.1 Å². The van der Waals surface area contributed by atoms with Crippen molar-refractivity contribution in [3.05, 3.63) is 29.8 Å². The van der Waals surface area contributed by atoms with Gasteiger partial charge in [0.2, 0.25) is 10.0 Å². The lowest BCUT2D eigenvalue weighted by Gasteiger charge is -2.31. The van der Waals surface area contributed by atoms with Crippen LogP contribution in [0.2, 0.25) is 0 Å². The normalized spacial score (nSPS) is 24.8. The summed E-state index contributed by atoms with van der Waals surface area (Å²) in [5.74, 6) is 1.24. The first kappa shape index (κ1) is 21.6. The van der Waals surface area contributed by atoms with Gasteiger partial charge in [0.15, 0.2) is 0 Å². The minimum absolute atomic E-state index is 0.0826. The standard InChI is InChI=1S/C22H36N2O3S/c1-22(2,3)28(25,26)24-21-8-4-17(5-9-21)16-23-20-10-6-18(7-11-20)19-12-14-27-15-13-19/h6-7,10-11,17,19,21,23-24H,4-5,8-9,12-16H2,1-3H3. The Balaban J connectivity index is 1.42. The number of rotatable bonds is 6. The Morgan fingerprint density at radius 1 is 0.964 bits per heavy atom. The minimum atomic E-state index is -3.26. The summed E-state index contributed by atoms with van der Waals surface area (Å²) >= 11 is 0. The van der Waals surface area contributed by atoms with Gasteiger partial charge in [-0.2, -0.15) is 0 Å². The van der Waals surface area contributed by atoms with Gasteiger partial charge in [-0.15, -0.1) is 0 Å². The third kappa shape index (κ3) is 5.71. The molecule has 1 heterocycles. The van der Waals surface area contributed by atoms with E-state index in [1.165, 1.54) is 11.3 Å². The molecular weight excluding hydrogens is 372 g/mol. The zero-order valence-electron chi connectivity index (χ0n) is 17.5. The van der Waals surface area contributed by atoms with Crippen LogP contribution in [0.3, 0.4) is 0 Å². The Bertz CT molecular complexity index is 711. The van der Waals surface area contributed by atoms with Crippen molar-refractivity contribution < 1.29 is 13.2 Å². The third-order valence-electron chi connectivity index (χ3n) is 6.17. The van der Waals surface area contributed by atoms with Gasteiger partial charge in [0.1, 0.15) is 0 Å². The van der Waals surface area contributed by atoms with E-state index in [2.05, 4.69) is 34.3 Å². The van der Waals surface area contributed by atoms with Crippen molar-refractivity contribution in [3.63, 3.8) is 0 Å². The van der Waals surface area contributed by atoms with Crippen LogP contribution in [-0.2, 0) is 14.8 Å². The van der Waals surface area contributed by atoms with Crippen molar-refractivity contribution in [2.75, 3.05) is 25.1 Å². The molecule has 1 saturated heterocycles. The molecule has 6 heteroatoms. The lowest BCUT2D eigenvalue weighted by molar-refractivity contribution is 0.0853. The summed E-state index contributed by atoms with van der Waals surface area (Å²) in [6, 6.07) is 8.95. The van der Waals surface area contributed by atoms with Crippen LogP contribution in [0, 0.1) is 5.92 Å². The maximum absolute atomic E-state index is 12.3. The maximum atomic E-state index is 12.3. The predicted octanol–water partition coefficient (Wildman–Crippen LogP) is 4.27. The molecule has 1 aliphatic heterocycles. The van der Waals surface area contributed by atoms with Gasteiger partial charge < -0.3 is 10.1 Å². The Morgan fingerprint density at radius 2 is 1.57 bits per heavy atom. The van der Waals surface area contributed by atoms with E-state index >= 15 is 0 Å². The number of nitrogens with one attached hydrogen (secondary N) is 2. The largest absolute Gasteiger partial charge is 0.385 e. The first-order valence-electron chi connectivity index (χ1n) is 10.7. The van der Waals surface area contributed by atoms with E-state index in [1.807, 2.05) is 0 Å². The van der Waals surface area contributed by atoms with Crippen LogP contribution >= 0.6 is 0 Å². The molecule has 0 spiro atoms. The number of benzene rings is 1. The number of hydrogen-bond acceptors (Lipinski definition) is 4. The molecule has 0 amide bonds. The van der Waals surface area contributed by atoms with Gasteiger partial charge in [0, 0.05) is 31.5 Å². The van der Waals surface area contributed by atoms with Crippen LogP contribution in [0.15, 0.2) is 24.3 Å². The first-order chi connectivity index (χ1) is 13.2. The SMILES string of the molecule is CC(C)(C)S(=O)(=O)NC1CCC(CNc2ccc(C3CCOCC3)cc2)CC1. The molecule has 2 fully saturated rings. The molecule has 1 saturated carbocycles. The lowest BCUT2D eigenvalue weighted by Crippen LogP contribution is -2.46.